The highest BCUT2D eigenvalue weighted by Crippen LogP contribution is 2.19. The van der Waals surface area contributed by atoms with Crippen molar-refractivity contribution < 1.29 is 0 Å². The molecule has 0 radical (unpaired) electrons. The molecule has 0 spiro atoms. The Morgan fingerprint density at radius 2 is 2.00 bits per heavy atom. The predicted octanol–water partition coefficient (Wildman–Crippen LogP) is 5.74. The molecule has 0 aromatic heterocycles. The minimum Gasteiger partial charge on any atom is -0.293 e. The summed E-state index contributed by atoms with van der Waals surface area (Å²) in [7, 11) is 0. The van der Waals surface area contributed by atoms with Crippen molar-refractivity contribution >= 4 is 16.8 Å². The first kappa shape index (κ1) is 17.3. The van der Waals surface area contributed by atoms with Crippen LogP contribution in [0.4, 0.5) is 0 Å². The second kappa shape index (κ2) is 9.26. The van der Waals surface area contributed by atoms with Crippen molar-refractivity contribution in [1.29, 1.82) is 5.41 Å². The summed E-state index contributed by atoms with van der Waals surface area (Å²) in [5.74, 6) is 3.08. The van der Waals surface area contributed by atoms with E-state index in [4.69, 9.17) is 11.8 Å². The van der Waals surface area contributed by atoms with Crippen LogP contribution in [0.15, 0.2) is 47.4 Å². The number of hydrogen-bond acceptors (Lipinski definition) is 2. The molecule has 0 aliphatic heterocycles. The quantitative estimate of drug-likeness (QED) is 0.308. The van der Waals surface area contributed by atoms with Crippen molar-refractivity contribution in [2.75, 3.05) is 0 Å². The number of terminal acetylenes is 1. The van der Waals surface area contributed by atoms with Gasteiger partial charge < -0.3 is 0 Å². The molecule has 0 amide bonds. The third-order valence-corrected chi connectivity index (χ3v) is 3.86. The normalized spacial score (nSPS) is 11.9. The van der Waals surface area contributed by atoms with Crippen LogP contribution in [-0.2, 0) is 0 Å². The van der Waals surface area contributed by atoms with E-state index >= 15 is 0 Å². The maximum Gasteiger partial charge on any atom is 0.0984 e. The zero-order chi connectivity index (χ0) is 15.7. The average Bonchev–Trinajstić information content (AvgIpc) is 2.47. The summed E-state index contributed by atoms with van der Waals surface area (Å²) in [5, 5.41) is 10.6. The zero-order valence-electron chi connectivity index (χ0n) is 13.0. The topological polar surface area (TPSA) is 23.9 Å². The van der Waals surface area contributed by atoms with E-state index in [1.165, 1.54) is 17.3 Å². The Kier molecular flexibility index (Phi) is 7.64. The fourth-order valence-electron chi connectivity index (χ4n) is 1.88. The second-order valence-electron chi connectivity index (χ2n) is 5.16. The summed E-state index contributed by atoms with van der Waals surface area (Å²) < 4.78 is 0. The monoisotopic (exact) mass is 297 g/mol. The summed E-state index contributed by atoms with van der Waals surface area (Å²) in [4.78, 5) is 0. The van der Waals surface area contributed by atoms with Crippen molar-refractivity contribution in [3.05, 3.63) is 58.5 Å². The summed E-state index contributed by atoms with van der Waals surface area (Å²) in [6.45, 7) is 6.47. The van der Waals surface area contributed by atoms with Gasteiger partial charge in [-0.3, -0.25) is 5.41 Å². The van der Waals surface area contributed by atoms with Crippen molar-refractivity contribution in [2.24, 2.45) is 0 Å². The molecule has 2 heteroatoms. The number of benzene rings is 1. The Labute approximate surface area is 133 Å². The predicted molar refractivity (Wildman–Crippen MR) is 95.9 cm³/mol. The van der Waals surface area contributed by atoms with E-state index < -0.39 is 0 Å². The summed E-state index contributed by atoms with van der Waals surface area (Å²) >= 11 is 1.42. The van der Waals surface area contributed by atoms with E-state index in [0.29, 0.717) is 11.0 Å². The van der Waals surface area contributed by atoms with Crippen LogP contribution in [0.2, 0.25) is 0 Å². The average molecular weight is 297 g/mol. The van der Waals surface area contributed by atoms with Gasteiger partial charge in [-0.15, -0.1) is 6.42 Å². The fourth-order valence-corrected chi connectivity index (χ4v) is 2.53. The Balaban J connectivity index is 2.65. The molecule has 0 saturated heterocycles. The first-order chi connectivity index (χ1) is 10.1. The molecule has 1 N–H and O–H groups in total. The minimum absolute atomic E-state index is 0.520. The van der Waals surface area contributed by atoms with E-state index in [1.807, 2.05) is 23.6 Å². The third-order valence-electron chi connectivity index (χ3n) is 3.11. The van der Waals surface area contributed by atoms with Crippen LogP contribution in [0.25, 0.3) is 0 Å². The summed E-state index contributed by atoms with van der Waals surface area (Å²) in [6.07, 6.45) is 11.1. The number of nitrogens with one attached hydrogen (secondary N) is 1. The zero-order valence-corrected chi connectivity index (χ0v) is 13.8. The number of hydrogen-bond donors (Lipinski definition) is 1. The smallest absolute Gasteiger partial charge is 0.0984 e. The molecule has 21 heavy (non-hydrogen) atoms. The maximum atomic E-state index is 8.11. The van der Waals surface area contributed by atoms with Gasteiger partial charge in [0.05, 0.1) is 5.04 Å². The van der Waals surface area contributed by atoms with E-state index in [1.54, 1.807) is 6.08 Å². The van der Waals surface area contributed by atoms with Crippen molar-refractivity contribution in [3.63, 3.8) is 0 Å². The largest absolute Gasteiger partial charge is 0.293 e. The highest BCUT2D eigenvalue weighted by molar-refractivity contribution is 8.16. The summed E-state index contributed by atoms with van der Waals surface area (Å²) in [6, 6.07) is 8.23. The third kappa shape index (κ3) is 6.06. The Morgan fingerprint density at radius 3 is 2.52 bits per heavy atom. The Bertz CT molecular complexity index is 556. The highest BCUT2D eigenvalue weighted by atomic mass is 32.2. The van der Waals surface area contributed by atoms with Gasteiger partial charge in [-0.05, 0) is 35.0 Å². The van der Waals surface area contributed by atoms with Crippen LogP contribution < -0.4 is 0 Å². The van der Waals surface area contributed by atoms with Gasteiger partial charge in [0.1, 0.15) is 0 Å². The van der Waals surface area contributed by atoms with Crippen LogP contribution in [-0.4, -0.2) is 5.04 Å². The molecule has 0 aliphatic rings. The highest BCUT2D eigenvalue weighted by Gasteiger charge is 2.02. The van der Waals surface area contributed by atoms with E-state index in [-0.39, 0.29) is 0 Å². The fraction of sp³-hybridized carbons (Fsp3) is 0.316. The van der Waals surface area contributed by atoms with Gasteiger partial charge in [0.2, 0.25) is 0 Å². The van der Waals surface area contributed by atoms with Crippen molar-refractivity contribution in [1.82, 2.24) is 0 Å². The van der Waals surface area contributed by atoms with Gasteiger partial charge in [0, 0.05) is 5.56 Å². The van der Waals surface area contributed by atoms with Crippen LogP contribution >= 0.6 is 11.8 Å². The standard InChI is InChI=1S/C19H23NS/c1-5-7-16(8-6-2)13-14-21-19(20)18-11-9-17(10-12-18)15(3)4/h1,7,9-15,20H,6,8H2,2-4H3/b14-13+,16-7+,20-19?. The molecule has 0 aliphatic carbocycles. The molecule has 0 atom stereocenters. The van der Waals surface area contributed by atoms with Crippen LogP contribution in [0.5, 0.6) is 0 Å². The van der Waals surface area contributed by atoms with Gasteiger partial charge in [0.25, 0.3) is 0 Å². The molecule has 0 bridgehead atoms. The lowest BCUT2D eigenvalue weighted by Crippen LogP contribution is -1.93. The molecule has 1 nitrogen and oxygen atoms in total. The van der Waals surface area contributed by atoms with Crippen LogP contribution in [0.1, 0.15) is 50.7 Å². The Hall–Kier alpha value is -1.72. The second-order valence-corrected chi connectivity index (χ2v) is 6.08. The molecule has 1 aromatic carbocycles. The Morgan fingerprint density at radius 1 is 1.33 bits per heavy atom. The van der Waals surface area contributed by atoms with Gasteiger partial charge in [0.15, 0.2) is 0 Å². The molecule has 0 heterocycles. The van der Waals surface area contributed by atoms with Crippen molar-refractivity contribution in [3.8, 4) is 12.3 Å². The molecule has 1 rings (SSSR count). The van der Waals surface area contributed by atoms with Gasteiger partial charge in [-0.1, -0.05) is 75.2 Å². The molecular weight excluding hydrogens is 274 g/mol. The SMILES string of the molecule is C#C/C=C(/C=C/SC(=N)c1ccc(C(C)C)cc1)CCC. The number of rotatable bonds is 6. The molecule has 110 valence electrons. The lowest BCUT2D eigenvalue weighted by molar-refractivity contribution is 0.866. The first-order valence-corrected chi connectivity index (χ1v) is 8.13. The van der Waals surface area contributed by atoms with Gasteiger partial charge in [-0.2, -0.15) is 0 Å². The van der Waals surface area contributed by atoms with Crippen LogP contribution in [0, 0.1) is 17.8 Å². The molecule has 0 unspecified atom stereocenters. The molecule has 0 fully saturated rings. The first-order valence-electron chi connectivity index (χ1n) is 7.25. The van der Waals surface area contributed by atoms with Gasteiger partial charge in [-0.25, -0.2) is 0 Å². The minimum atomic E-state index is 0.520. The lowest BCUT2D eigenvalue weighted by atomic mass is 10.0. The van der Waals surface area contributed by atoms with E-state index in [9.17, 15) is 0 Å². The molecule has 0 saturated carbocycles. The number of thioether (sulfide) groups is 1. The van der Waals surface area contributed by atoms with E-state index in [0.717, 1.165) is 24.0 Å². The van der Waals surface area contributed by atoms with Crippen LogP contribution in [0.3, 0.4) is 0 Å². The van der Waals surface area contributed by atoms with E-state index in [2.05, 4.69) is 38.8 Å². The molecule has 1 aromatic rings. The lowest BCUT2D eigenvalue weighted by Gasteiger charge is -2.06. The summed E-state index contributed by atoms with van der Waals surface area (Å²) in [5.41, 5.74) is 3.39. The molecular formula is C19H23NS. The number of allylic oxidation sites excluding steroid dienone is 3. The van der Waals surface area contributed by atoms with Gasteiger partial charge >= 0.3 is 0 Å². The van der Waals surface area contributed by atoms with Crippen molar-refractivity contribution in [2.45, 2.75) is 39.5 Å². The maximum absolute atomic E-state index is 8.11.